The van der Waals surface area contributed by atoms with E-state index in [1.54, 1.807) is 17.2 Å². The zero-order chi connectivity index (χ0) is 22.8. The molecule has 0 aliphatic carbocycles. The van der Waals surface area contributed by atoms with Crippen LogP contribution in [0.2, 0.25) is 0 Å². The fourth-order valence-corrected chi connectivity index (χ4v) is 4.65. The third-order valence-electron chi connectivity index (χ3n) is 5.09. The van der Waals surface area contributed by atoms with E-state index in [4.69, 9.17) is 17.2 Å². The van der Waals surface area contributed by atoms with Crippen molar-refractivity contribution in [2.24, 2.45) is 5.92 Å². The molecule has 1 N–H and O–H groups in total. The highest BCUT2D eigenvalue weighted by atomic mass is 32.2. The van der Waals surface area contributed by atoms with E-state index >= 15 is 0 Å². The predicted octanol–water partition coefficient (Wildman–Crippen LogP) is 4.47. The molecule has 1 aromatic carbocycles. The summed E-state index contributed by atoms with van der Waals surface area (Å²) < 4.78 is 2.00. The van der Waals surface area contributed by atoms with Crippen LogP contribution < -0.4 is 10.9 Å². The fraction of sp³-hybridized carbons (Fsp3) is 0.250. The number of nitrogens with one attached hydrogen (secondary N) is 1. The van der Waals surface area contributed by atoms with Gasteiger partial charge in [0.05, 0.1) is 17.0 Å². The predicted molar refractivity (Wildman–Crippen MR) is 135 cm³/mol. The van der Waals surface area contributed by atoms with Gasteiger partial charge in [-0.2, -0.15) is 0 Å². The van der Waals surface area contributed by atoms with E-state index in [1.807, 2.05) is 49.4 Å². The lowest BCUT2D eigenvalue weighted by Crippen LogP contribution is -2.27. The third-order valence-corrected chi connectivity index (χ3v) is 6.47. The number of aryl methyl sites for hydroxylation is 1. The van der Waals surface area contributed by atoms with Gasteiger partial charge in [-0.1, -0.05) is 74.2 Å². The third kappa shape index (κ3) is 4.47. The second kappa shape index (κ2) is 9.26. The van der Waals surface area contributed by atoms with Crippen LogP contribution in [-0.4, -0.2) is 31.1 Å². The zero-order valence-corrected chi connectivity index (χ0v) is 19.8. The number of thioether (sulfide) groups is 1. The molecule has 3 aromatic rings. The van der Waals surface area contributed by atoms with Gasteiger partial charge in [0.15, 0.2) is 0 Å². The largest absolute Gasteiger partial charge is 0.369 e. The SMILES string of the molecule is Cc1cccn2c(=O)c(/C=C3\SC(=S)N(Cc4ccccc4)C3=O)c(NCC(C)C)nc12. The summed E-state index contributed by atoms with van der Waals surface area (Å²) in [5.41, 5.74) is 2.62. The number of pyridine rings is 1. The highest BCUT2D eigenvalue weighted by Crippen LogP contribution is 2.34. The van der Waals surface area contributed by atoms with Crippen LogP contribution in [0.5, 0.6) is 0 Å². The summed E-state index contributed by atoms with van der Waals surface area (Å²) in [6.07, 6.45) is 3.32. The van der Waals surface area contributed by atoms with Gasteiger partial charge in [0, 0.05) is 12.7 Å². The number of thiocarbonyl (C=S) groups is 1. The second-order valence-corrected chi connectivity index (χ2v) is 9.77. The number of fused-ring (bicyclic) bond motifs is 1. The Balaban J connectivity index is 1.76. The summed E-state index contributed by atoms with van der Waals surface area (Å²) in [5.74, 6) is 0.641. The Kier molecular flexibility index (Phi) is 6.43. The summed E-state index contributed by atoms with van der Waals surface area (Å²) in [6.45, 7) is 7.14. The zero-order valence-electron chi connectivity index (χ0n) is 18.2. The van der Waals surface area contributed by atoms with E-state index in [0.29, 0.717) is 45.3 Å². The van der Waals surface area contributed by atoms with E-state index in [1.165, 1.54) is 16.2 Å². The van der Waals surface area contributed by atoms with Gasteiger partial charge in [0.1, 0.15) is 15.8 Å². The molecule has 1 aliphatic rings. The molecule has 0 bridgehead atoms. The van der Waals surface area contributed by atoms with Gasteiger partial charge in [0.2, 0.25) is 0 Å². The van der Waals surface area contributed by atoms with Gasteiger partial charge in [-0.15, -0.1) is 0 Å². The van der Waals surface area contributed by atoms with Gasteiger partial charge < -0.3 is 5.32 Å². The van der Waals surface area contributed by atoms with Crippen LogP contribution in [0.3, 0.4) is 0 Å². The van der Waals surface area contributed by atoms with Crippen LogP contribution in [-0.2, 0) is 11.3 Å². The fourth-order valence-electron chi connectivity index (χ4n) is 3.41. The molecule has 0 unspecified atom stereocenters. The molecule has 0 atom stereocenters. The number of benzene rings is 1. The molecule has 4 rings (SSSR count). The number of amides is 1. The van der Waals surface area contributed by atoms with Crippen molar-refractivity contribution in [3.63, 3.8) is 0 Å². The maximum Gasteiger partial charge on any atom is 0.267 e. The maximum atomic E-state index is 13.4. The molecule has 1 fully saturated rings. The number of carbonyl (C=O) groups is 1. The Morgan fingerprint density at radius 1 is 1.16 bits per heavy atom. The monoisotopic (exact) mass is 464 g/mol. The van der Waals surface area contributed by atoms with Crippen LogP contribution in [0.25, 0.3) is 11.7 Å². The molecule has 3 heterocycles. The topological polar surface area (TPSA) is 66.7 Å². The molecule has 8 heteroatoms. The van der Waals surface area contributed by atoms with Crippen molar-refractivity contribution in [3.8, 4) is 0 Å². The number of anilines is 1. The number of rotatable bonds is 6. The first-order valence-corrected chi connectivity index (χ1v) is 11.6. The molecule has 0 spiro atoms. The molecule has 1 saturated heterocycles. The Morgan fingerprint density at radius 3 is 2.62 bits per heavy atom. The summed E-state index contributed by atoms with van der Waals surface area (Å²) >= 11 is 6.68. The van der Waals surface area contributed by atoms with Crippen LogP contribution in [0.4, 0.5) is 5.82 Å². The number of aromatic nitrogens is 2. The van der Waals surface area contributed by atoms with Crippen LogP contribution in [0, 0.1) is 12.8 Å². The molecule has 2 aromatic heterocycles. The molecular formula is C24H24N4O2S2. The quantitative estimate of drug-likeness (QED) is 0.429. The van der Waals surface area contributed by atoms with Gasteiger partial charge in [-0.25, -0.2) is 4.98 Å². The average molecular weight is 465 g/mol. The number of hydrogen-bond acceptors (Lipinski definition) is 6. The Bertz CT molecular complexity index is 1280. The van der Waals surface area contributed by atoms with Crippen LogP contribution in [0.1, 0.15) is 30.5 Å². The number of carbonyl (C=O) groups excluding carboxylic acids is 1. The van der Waals surface area contributed by atoms with Crippen molar-refractivity contribution < 1.29 is 4.79 Å². The minimum absolute atomic E-state index is 0.201. The van der Waals surface area contributed by atoms with Gasteiger partial charge in [0.25, 0.3) is 11.5 Å². The van der Waals surface area contributed by atoms with Gasteiger partial charge in [-0.05, 0) is 36.1 Å². The van der Waals surface area contributed by atoms with Crippen molar-refractivity contribution in [2.45, 2.75) is 27.3 Å². The summed E-state index contributed by atoms with van der Waals surface area (Å²) in [7, 11) is 0. The molecule has 32 heavy (non-hydrogen) atoms. The van der Waals surface area contributed by atoms with E-state index in [2.05, 4.69) is 19.2 Å². The van der Waals surface area contributed by atoms with Crippen molar-refractivity contribution in [1.82, 2.24) is 14.3 Å². The molecule has 6 nitrogen and oxygen atoms in total. The summed E-state index contributed by atoms with van der Waals surface area (Å²) in [4.78, 5) is 33.2. The standard InChI is InChI=1S/C24H24N4O2S2/c1-15(2)13-25-20-18(22(29)27-11-7-8-16(3)21(27)26-20)12-19-23(30)28(24(31)32-19)14-17-9-5-4-6-10-17/h4-12,15,25H,13-14H2,1-3H3/b19-12-. The Hall–Kier alpha value is -2.97. The maximum absolute atomic E-state index is 13.4. The number of nitrogens with zero attached hydrogens (tertiary/aromatic N) is 3. The lowest BCUT2D eigenvalue weighted by molar-refractivity contribution is -0.122. The normalized spacial score (nSPS) is 15.4. The van der Waals surface area contributed by atoms with Crippen molar-refractivity contribution >= 4 is 51.7 Å². The van der Waals surface area contributed by atoms with Gasteiger partial charge in [-0.3, -0.25) is 18.9 Å². The summed E-state index contributed by atoms with van der Waals surface area (Å²) in [6, 6.07) is 13.4. The van der Waals surface area contributed by atoms with Gasteiger partial charge >= 0.3 is 0 Å². The molecule has 0 radical (unpaired) electrons. The smallest absolute Gasteiger partial charge is 0.267 e. The minimum Gasteiger partial charge on any atom is -0.369 e. The lowest BCUT2D eigenvalue weighted by Gasteiger charge is -2.14. The minimum atomic E-state index is -0.224. The first-order valence-electron chi connectivity index (χ1n) is 10.4. The molecule has 1 aliphatic heterocycles. The van der Waals surface area contributed by atoms with E-state index in [9.17, 15) is 9.59 Å². The van der Waals surface area contributed by atoms with Crippen LogP contribution in [0.15, 0.2) is 58.4 Å². The Morgan fingerprint density at radius 2 is 1.91 bits per heavy atom. The first kappa shape index (κ1) is 22.2. The summed E-state index contributed by atoms with van der Waals surface area (Å²) in [5, 5.41) is 3.29. The molecule has 0 saturated carbocycles. The highest BCUT2D eigenvalue weighted by Gasteiger charge is 2.32. The van der Waals surface area contributed by atoms with Crippen LogP contribution >= 0.6 is 24.0 Å². The Labute approximate surface area is 196 Å². The van der Waals surface area contributed by atoms with Crippen molar-refractivity contribution in [2.75, 3.05) is 11.9 Å². The molecule has 1 amide bonds. The van der Waals surface area contributed by atoms with E-state index < -0.39 is 0 Å². The number of hydrogen-bond donors (Lipinski definition) is 1. The second-order valence-electron chi connectivity index (χ2n) is 8.09. The van der Waals surface area contributed by atoms with E-state index in [0.717, 1.165) is 11.1 Å². The van der Waals surface area contributed by atoms with Crippen molar-refractivity contribution in [3.05, 3.63) is 80.6 Å². The van der Waals surface area contributed by atoms with E-state index in [-0.39, 0.29) is 11.5 Å². The first-order chi connectivity index (χ1) is 15.3. The van der Waals surface area contributed by atoms with Crippen molar-refractivity contribution in [1.29, 1.82) is 0 Å². The highest BCUT2D eigenvalue weighted by molar-refractivity contribution is 8.26. The lowest BCUT2D eigenvalue weighted by atomic mass is 10.2. The molecule has 164 valence electrons. The molecular weight excluding hydrogens is 440 g/mol. The average Bonchev–Trinajstić information content (AvgIpc) is 3.03.